The topological polar surface area (TPSA) is 71.1 Å². The van der Waals surface area contributed by atoms with Crippen LogP contribution in [0.25, 0.3) is 0 Å². The Morgan fingerprint density at radius 1 is 0.778 bits per heavy atom. The number of hydrogen-bond donors (Lipinski definition) is 0. The Balaban J connectivity index is 1.73. The first-order valence-electron chi connectivity index (χ1n) is 10.6. The van der Waals surface area contributed by atoms with Gasteiger partial charge in [-0.25, -0.2) is 0 Å². The molecule has 8 atom stereocenters. The molecule has 3 rings (SSSR count). The van der Waals surface area contributed by atoms with E-state index in [0.29, 0.717) is 12.8 Å². The number of ether oxygens (including phenoxy) is 4. The lowest BCUT2D eigenvalue weighted by atomic mass is 9.99. The maximum absolute atomic E-state index is 12.6. The highest BCUT2D eigenvalue weighted by molar-refractivity contribution is 5.73. The van der Waals surface area contributed by atoms with Gasteiger partial charge >= 0.3 is 11.9 Å². The van der Waals surface area contributed by atoms with E-state index in [1.165, 1.54) is 0 Å². The minimum absolute atomic E-state index is 0.0188. The zero-order valence-electron chi connectivity index (χ0n) is 17.0. The molecule has 27 heavy (non-hydrogen) atoms. The van der Waals surface area contributed by atoms with Crippen molar-refractivity contribution < 1.29 is 28.5 Å². The van der Waals surface area contributed by atoms with E-state index < -0.39 is 0 Å². The molecular weight excluding hydrogens is 348 g/mol. The van der Waals surface area contributed by atoms with Crippen LogP contribution in [0.2, 0.25) is 0 Å². The molecule has 0 aliphatic carbocycles. The Morgan fingerprint density at radius 2 is 1.30 bits per heavy atom. The second-order valence-electron chi connectivity index (χ2n) is 8.51. The molecule has 3 saturated heterocycles. The van der Waals surface area contributed by atoms with E-state index in [1.807, 2.05) is 27.7 Å². The highest BCUT2D eigenvalue weighted by atomic mass is 16.6. The molecule has 0 unspecified atom stereocenters. The molecule has 0 N–H and O–H groups in total. The van der Waals surface area contributed by atoms with Gasteiger partial charge in [0.05, 0.1) is 36.3 Å². The lowest BCUT2D eigenvalue weighted by Gasteiger charge is -2.26. The fourth-order valence-corrected chi connectivity index (χ4v) is 4.44. The average Bonchev–Trinajstić information content (AvgIpc) is 3.28. The van der Waals surface area contributed by atoms with Crippen molar-refractivity contribution in [1.29, 1.82) is 0 Å². The molecule has 0 aromatic rings. The van der Waals surface area contributed by atoms with Gasteiger partial charge in [0.15, 0.2) is 0 Å². The summed E-state index contributed by atoms with van der Waals surface area (Å²) in [7, 11) is 0. The molecule has 6 heteroatoms. The summed E-state index contributed by atoms with van der Waals surface area (Å²) in [4.78, 5) is 25.1. The summed E-state index contributed by atoms with van der Waals surface area (Å²) in [6.45, 7) is 7.70. The molecule has 0 aromatic carbocycles. The van der Waals surface area contributed by atoms with Crippen molar-refractivity contribution in [2.45, 2.75) is 109 Å². The Kier molecular flexibility index (Phi) is 6.79. The van der Waals surface area contributed by atoms with E-state index in [1.54, 1.807) is 0 Å². The number of esters is 2. The average molecular weight is 382 g/mol. The molecule has 4 bridgehead atoms. The van der Waals surface area contributed by atoms with Crippen molar-refractivity contribution in [3.63, 3.8) is 0 Å². The normalized spacial score (nSPS) is 44.0. The van der Waals surface area contributed by atoms with Crippen molar-refractivity contribution in [2.75, 3.05) is 0 Å². The van der Waals surface area contributed by atoms with Gasteiger partial charge in [-0.15, -0.1) is 0 Å². The van der Waals surface area contributed by atoms with Gasteiger partial charge in [0.2, 0.25) is 0 Å². The maximum atomic E-state index is 12.6. The number of carbonyl (C=O) groups excluding carboxylic acids is 2. The molecule has 0 amide bonds. The van der Waals surface area contributed by atoms with Crippen LogP contribution in [0, 0.1) is 11.8 Å². The van der Waals surface area contributed by atoms with Crippen LogP contribution in [-0.4, -0.2) is 48.6 Å². The zero-order chi connectivity index (χ0) is 19.6. The second-order valence-corrected chi connectivity index (χ2v) is 8.51. The SMILES string of the molecule is CC[C@@H]1C[C@H]2CC[C@H](O2)[C@H](C)C(=O)O[C@H](C)C[C@H]2CC[C@H](O2)[C@H](C)C(=O)O1. The largest absolute Gasteiger partial charge is 0.462 e. The van der Waals surface area contributed by atoms with Crippen LogP contribution in [-0.2, 0) is 28.5 Å². The minimum Gasteiger partial charge on any atom is -0.462 e. The molecule has 3 aliphatic rings. The zero-order valence-corrected chi connectivity index (χ0v) is 17.0. The summed E-state index contributed by atoms with van der Waals surface area (Å²) < 4.78 is 23.7. The molecule has 0 saturated carbocycles. The molecular formula is C21H34O6. The predicted octanol–water partition coefficient (Wildman–Crippen LogP) is 3.40. The summed E-state index contributed by atoms with van der Waals surface area (Å²) in [6, 6.07) is 0. The Bertz CT molecular complexity index is 535. The van der Waals surface area contributed by atoms with E-state index in [-0.39, 0.29) is 60.4 Å². The third-order valence-electron chi connectivity index (χ3n) is 6.32. The van der Waals surface area contributed by atoms with Crippen LogP contribution >= 0.6 is 0 Å². The number of hydrogen-bond acceptors (Lipinski definition) is 6. The quantitative estimate of drug-likeness (QED) is 0.647. The molecule has 3 fully saturated rings. The van der Waals surface area contributed by atoms with Crippen LogP contribution in [0.15, 0.2) is 0 Å². The Labute approximate surface area is 162 Å². The van der Waals surface area contributed by atoms with E-state index >= 15 is 0 Å². The minimum atomic E-state index is -0.287. The number of rotatable bonds is 1. The van der Waals surface area contributed by atoms with Gasteiger partial charge in [-0.05, 0) is 52.9 Å². The molecule has 6 nitrogen and oxygen atoms in total. The van der Waals surface area contributed by atoms with E-state index in [0.717, 1.165) is 32.1 Å². The highest BCUT2D eigenvalue weighted by Gasteiger charge is 2.39. The molecule has 3 aliphatic heterocycles. The highest BCUT2D eigenvalue weighted by Crippen LogP contribution is 2.33. The van der Waals surface area contributed by atoms with Crippen LogP contribution < -0.4 is 0 Å². The van der Waals surface area contributed by atoms with Gasteiger partial charge < -0.3 is 18.9 Å². The summed E-state index contributed by atoms with van der Waals surface area (Å²) >= 11 is 0. The second kappa shape index (κ2) is 8.91. The summed E-state index contributed by atoms with van der Waals surface area (Å²) in [5.41, 5.74) is 0. The fraction of sp³-hybridized carbons (Fsp3) is 0.905. The van der Waals surface area contributed by atoms with Crippen molar-refractivity contribution >= 4 is 11.9 Å². The van der Waals surface area contributed by atoms with Gasteiger partial charge in [-0.2, -0.15) is 0 Å². The lowest BCUT2D eigenvalue weighted by molar-refractivity contribution is -0.164. The Hall–Kier alpha value is -1.14. The van der Waals surface area contributed by atoms with E-state index in [2.05, 4.69) is 0 Å². The first-order valence-corrected chi connectivity index (χ1v) is 10.6. The maximum Gasteiger partial charge on any atom is 0.311 e. The van der Waals surface area contributed by atoms with Gasteiger partial charge in [0.25, 0.3) is 0 Å². The molecule has 0 aromatic heterocycles. The first-order chi connectivity index (χ1) is 12.9. The third-order valence-corrected chi connectivity index (χ3v) is 6.32. The van der Waals surface area contributed by atoms with Crippen molar-refractivity contribution in [3.05, 3.63) is 0 Å². The monoisotopic (exact) mass is 382 g/mol. The van der Waals surface area contributed by atoms with Gasteiger partial charge in [0.1, 0.15) is 12.2 Å². The van der Waals surface area contributed by atoms with Crippen molar-refractivity contribution in [3.8, 4) is 0 Å². The number of fused-ring (bicyclic) bond motifs is 4. The van der Waals surface area contributed by atoms with Gasteiger partial charge in [0, 0.05) is 12.8 Å². The molecule has 154 valence electrons. The Morgan fingerprint density at radius 3 is 1.85 bits per heavy atom. The predicted molar refractivity (Wildman–Crippen MR) is 99.1 cm³/mol. The van der Waals surface area contributed by atoms with Gasteiger partial charge in [-0.3, -0.25) is 9.59 Å². The molecule has 0 radical (unpaired) electrons. The van der Waals surface area contributed by atoms with Crippen LogP contribution in [0.3, 0.4) is 0 Å². The lowest BCUT2D eigenvalue weighted by Crippen LogP contribution is -2.34. The van der Waals surface area contributed by atoms with Crippen LogP contribution in [0.5, 0.6) is 0 Å². The van der Waals surface area contributed by atoms with Crippen LogP contribution in [0.1, 0.15) is 72.6 Å². The number of carbonyl (C=O) groups is 2. The standard InChI is InChI=1S/C21H34O6/c1-5-15-11-17-7-9-18(26-17)13(3)20(22)24-12(2)10-16-6-8-19(25-16)14(4)21(23)27-15/h12-19H,5-11H2,1-4H3/t12-,13+,14+,15-,16-,17-,18+,19+/m1/s1. The molecule has 3 heterocycles. The molecule has 0 spiro atoms. The summed E-state index contributed by atoms with van der Waals surface area (Å²) in [6.07, 6.45) is 4.96. The fourth-order valence-electron chi connectivity index (χ4n) is 4.44. The van der Waals surface area contributed by atoms with Crippen molar-refractivity contribution in [1.82, 2.24) is 0 Å². The smallest absolute Gasteiger partial charge is 0.311 e. The van der Waals surface area contributed by atoms with Gasteiger partial charge in [-0.1, -0.05) is 6.92 Å². The van der Waals surface area contributed by atoms with Crippen LogP contribution in [0.4, 0.5) is 0 Å². The van der Waals surface area contributed by atoms with E-state index in [4.69, 9.17) is 18.9 Å². The van der Waals surface area contributed by atoms with E-state index in [9.17, 15) is 9.59 Å². The number of cyclic esters (lactones) is 2. The first kappa shape index (κ1) is 20.6. The summed E-state index contributed by atoms with van der Waals surface area (Å²) in [5, 5.41) is 0. The summed E-state index contributed by atoms with van der Waals surface area (Å²) in [5.74, 6) is -0.944. The third kappa shape index (κ3) is 5.02. The van der Waals surface area contributed by atoms with Crippen molar-refractivity contribution in [2.24, 2.45) is 11.8 Å².